The lowest BCUT2D eigenvalue weighted by atomic mass is 10.1. The van der Waals surface area contributed by atoms with Gasteiger partial charge in [-0.15, -0.1) is 11.8 Å². The fourth-order valence-electron chi connectivity index (χ4n) is 1.94. The molecule has 0 saturated heterocycles. The Labute approximate surface area is 96.7 Å². The van der Waals surface area contributed by atoms with Crippen LogP contribution >= 0.6 is 11.8 Å². The monoisotopic (exact) mass is 221 g/mol. The summed E-state index contributed by atoms with van der Waals surface area (Å²) in [7, 11) is 0. The van der Waals surface area contributed by atoms with Gasteiger partial charge in [0.05, 0.1) is 0 Å². The first-order valence-electron chi connectivity index (χ1n) is 5.69. The molecule has 1 unspecified atom stereocenters. The number of para-hydroxylation sites is 1. The fourth-order valence-corrected chi connectivity index (χ4v) is 2.50. The first-order chi connectivity index (χ1) is 7.29. The molecule has 1 nitrogen and oxygen atoms in total. The lowest BCUT2D eigenvalue weighted by Crippen LogP contribution is -2.16. The highest BCUT2D eigenvalue weighted by molar-refractivity contribution is 7.98. The van der Waals surface area contributed by atoms with Gasteiger partial charge in [-0.1, -0.05) is 25.0 Å². The van der Waals surface area contributed by atoms with Crippen LogP contribution in [-0.4, -0.2) is 12.3 Å². The van der Waals surface area contributed by atoms with Crippen LogP contribution in [0.25, 0.3) is 0 Å². The van der Waals surface area contributed by atoms with Crippen molar-refractivity contribution in [1.82, 2.24) is 0 Å². The number of nitrogens with one attached hydrogen (secondary N) is 1. The zero-order valence-electron chi connectivity index (χ0n) is 9.49. The van der Waals surface area contributed by atoms with Crippen molar-refractivity contribution in [3.05, 3.63) is 24.3 Å². The number of rotatable bonds is 5. The van der Waals surface area contributed by atoms with Crippen molar-refractivity contribution in [3.8, 4) is 0 Å². The predicted molar refractivity (Wildman–Crippen MR) is 68.6 cm³/mol. The Balaban J connectivity index is 1.95. The average Bonchev–Trinajstić information content (AvgIpc) is 3.02. The molecule has 1 aromatic rings. The summed E-state index contributed by atoms with van der Waals surface area (Å²) in [5.41, 5.74) is 1.29. The third kappa shape index (κ3) is 3.16. The third-order valence-electron chi connectivity index (χ3n) is 2.89. The normalized spacial score (nSPS) is 17.5. The van der Waals surface area contributed by atoms with Crippen molar-refractivity contribution in [1.29, 1.82) is 0 Å². The van der Waals surface area contributed by atoms with Crippen LogP contribution in [0.4, 0.5) is 5.69 Å². The fraction of sp³-hybridized carbons (Fsp3) is 0.538. The topological polar surface area (TPSA) is 12.0 Å². The molecule has 2 heteroatoms. The van der Waals surface area contributed by atoms with Crippen molar-refractivity contribution in [2.75, 3.05) is 11.6 Å². The standard InChI is InChI=1S/C13H19NS/c1-10(9-11-7-8-11)14-12-5-3-4-6-13(12)15-2/h3-6,10-11,14H,7-9H2,1-2H3. The summed E-state index contributed by atoms with van der Waals surface area (Å²) >= 11 is 1.81. The molecule has 1 N–H and O–H groups in total. The van der Waals surface area contributed by atoms with Gasteiger partial charge in [-0.25, -0.2) is 0 Å². The lowest BCUT2D eigenvalue weighted by molar-refractivity contribution is 0.641. The summed E-state index contributed by atoms with van der Waals surface area (Å²) in [6, 6.07) is 9.16. The van der Waals surface area contributed by atoms with Crippen LogP contribution in [0.2, 0.25) is 0 Å². The van der Waals surface area contributed by atoms with Gasteiger partial charge >= 0.3 is 0 Å². The number of hydrogen-bond donors (Lipinski definition) is 1. The Morgan fingerprint density at radius 1 is 1.40 bits per heavy atom. The van der Waals surface area contributed by atoms with E-state index in [1.165, 1.54) is 29.8 Å². The van der Waals surface area contributed by atoms with Gasteiger partial charge in [0.25, 0.3) is 0 Å². The summed E-state index contributed by atoms with van der Waals surface area (Å²) < 4.78 is 0. The van der Waals surface area contributed by atoms with Gasteiger partial charge in [0.1, 0.15) is 0 Å². The van der Waals surface area contributed by atoms with E-state index in [9.17, 15) is 0 Å². The smallest absolute Gasteiger partial charge is 0.0480 e. The molecular weight excluding hydrogens is 202 g/mol. The molecule has 1 aliphatic carbocycles. The van der Waals surface area contributed by atoms with Gasteiger partial charge in [0.15, 0.2) is 0 Å². The lowest BCUT2D eigenvalue weighted by Gasteiger charge is -2.17. The Bertz CT molecular complexity index is 320. The van der Waals surface area contributed by atoms with Crippen LogP contribution in [0, 0.1) is 5.92 Å². The zero-order chi connectivity index (χ0) is 10.7. The molecule has 0 radical (unpaired) electrons. The molecule has 1 saturated carbocycles. The molecule has 0 amide bonds. The van der Waals surface area contributed by atoms with Gasteiger partial charge in [0.2, 0.25) is 0 Å². The first-order valence-corrected chi connectivity index (χ1v) is 6.91. The summed E-state index contributed by atoms with van der Waals surface area (Å²) in [5, 5.41) is 3.61. The maximum atomic E-state index is 3.61. The van der Waals surface area contributed by atoms with E-state index in [1.807, 2.05) is 11.8 Å². The van der Waals surface area contributed by atoms with Crippen molar-refractivity contribution in [2.45, 2.75) is 37.1 Å². The predicted octanol–water partition coefficient (Wildman–Crippen LogP) is 4.01. The molecule has 82 valence electrons. The minimum atomic E-state index is 0.603. The maximum absolute atomic E-state index is 3.61. The molecule has 1 aliphatic rings. The van der Waals surface area contributed by atoms with Crippen LogP contribution < -0.4 is 5.32 Å². The summed E-state index contributed by atoms with van der Waals surface area (Å²) in [6.45, 7) is 2.29. The molecule has 0 aliphatic heterocycles. The van der Waals surface area contributed by atoms with Crippen molar-refractivity contribution in [2.24, 2.45) is 5.92 Å². The number of thioether (sulfide) groups is 1. The molecule has 0 aromatic heterocycles. The zero-order valence-corrected chi connectivity index (χ0v) is 10.3. The van der Waals surface area contributed by atoms with E-state index in [0.717, 1.165) is 5.92 Å². The second-order valence-electron chi connectivity index (χ2n) is 4.42. The molecular formula is C13H19NS. The molecule has 1 atom stereocenters. The Hall–Kier alpha value is -0.630. The van der Waals surface area contributed by atoms with E-state index in [1.54, 1.807) is 0 Å². The number of benzene rings is 1. The highest BCUT2D eigenvalue weighted by Crippen LogP contribution is 2.34. The molecule has 1 aromatic carbocycles. The SMILES string of the molecule is CSc1ccccc1NC(C)CC1CC1. The second-order valence-corrected chi connectivity index (χ2v) is 5.27. The Morgan fingerprint density at radius 3 is 2.80 bits per heavy atom. The summed E-state index contributed by atoms with van der Waals surface area (Å²) in [6.07, 6.45) is 6.33. The molecule has 0 bridgehead atoms. The van der Waals surface area contributed by atoms with Gasteiger partial charge in [-0.3, -0.25) is 0 Å². The van der Waals surface area contributed by atoms with Crippen molar-refractivity contribution >= 4 is 17.4 Å². The maximum Gasteiger partial charge on any atom is 0.0480 e. The van der Waals surface area contributed by atoms with Crippen LogP contribution in [-0.2, 0) is 0 Å². The van der Waals surface area contributed by atoms with Gasteiger partial charge in [-0.2, -0.15) is 0 Å². The largest absolute Gasteiger partial charge is 0.382 e. The van der Waals surface area contributed by atoms with E-state index >= 15 is 0 Å². The van der Waals surface area contributed by atoms with Crippen LogP contribution in [0.3, 0.4) is 0 Å². The summed E-state index contributed by atoms with van der Waals surface area (Å²) in [4.78, 5) is 1.35. The molecule has 15 heavy (non-hydrogen) atoms. The molecule has 0 spiro atoms. The van der Waals surface area contributed by atoms with Crippen molar-refractivity contribution in [3.63, 3.8) is 0 Å². The van der Waals surface area contributed by atoms with E-state index in [0.29, 0.717) is 6.04 Å². The second kappa shape index (κ2) is 4.93. The minimum Gasteiger partial charge on any atom is -0.382 e. The van der Waals surface area contributed by atoms with Crippen LogP contribution in [0.15, 0.2) is 29.2 Å². The quantitative estimate of drug-likeness (QED) is 0.754. The average molecular weight is 221 g/mol. The number of anilines is 1. The first kappa shape index (κ1) is 10.9. The minimum absolute atomic E-state index is 0.603. The number of hydrogen-bond acceptors (Lipinski definition) is 2. The third-order valence-corrected chi connectivity index (χ3v) is 3.69. The van der Waals surface area contributed by atoms with Gasteiger partial charge < -0.3 is 5.32 Å². The highest BCUT2D eigenvalue weighted by atomic mass is 32.2. The van der Waals surface area contributed by atoms with Crippen molar-refractivity contribution < 1.29 is 0 Å². The van der Waals surface area contributed by atoms with E-state index in [-0.39, 0.29) is 0 Å². The molecule has 1 fully saturated rings. The van der Waals surface area contributed by atoms with Gasteiger partial charge in [-0.05, 0) is 37.7 Å². The Morgan fingerprint density at radius 2 is 2.13 bits per heavy atom. The van der Waals surface area contributed by atoms with E-state index < -0.39 is 0 Å². The molecule has 0 heterocycles. The van der Waals surface area contributed by atoms with Crippen LogP contribution in [0.5, 0.6) is 0 Å². The highest BCUT2D eigenvalue weighted by Gasteiger charge is 2.23. The van der Waals surface area contributed by atoms with E-state index in [2.05, 4.69) is 42.8 Å². The molecule has 2 rings (SSSR count). The van der Waals surface area contributed by atoms with Crippen LogP contribution in [0.1, 0.15) is 26.2 Å². The Kier molecular flexibility index (Phi) is 3.57. The summed E-state index contributed by atoms with van der Waals surface area (Å²) in [5.74, 6) is 0.994. The van der Waals surface area contributed by atoms with E-state index in [4.69, 9.17) is 0 Å². The van der Waals surface area contributed by atoms with Gasteiger partial charge in [0, 0.05) is 16.6 Å².